The van der Waals surface area contributed by atoms with E-state index in [0.717, 1.165) is 12.1 Å². The van der Waals surface area contributed by atoms with Crippen molar-refractivity contribution in [3.8, 4) is 0 Å². The van der Waals surface area contributed by atoms with Gasteiger partial charge >= 0.3 is 0 Å². The molecule has 2 N–H and O–H groups in total. The van der Waals surface area contributed by atoms with E-state index in [1.165, 1.54) is 18.5 Å². The Morgan fingerprint density at radius 2 is 1.84 bits per heavy atom. The van der Waals surface area contributed by atoms with E-state index >= 15 is 0 Å². The van der Waals surface area contributed by atoms with Gasteiger partial charge in [0.15, 0.2) is 0 Å². The second-order valence-corrected chi connectivity index (χ2v) is 3.59. The van der Waals surface area contributed by atoms with E-state index in [2.05, 4.69) is 20.6 Å². The molecule has 0 unspecified atom stereocenters. The summed E-state index contributed by atoms with van der Waals surface area (Å²) in [5.41, 5.74) is -0.548. The zero-order valence-corrected chi connectivity index (χ0v) is 9.95. The summed E-state index contributed by atoms with van der Waals surface area (Å²) in [6, 6.07) is 3.31. The lowest BCUT2D eigenvalue weighted by Crippen LogP contribution is -2.16. The minimum absolute atomic E-state index is 0.0401. The molecule has 0 aliphatic carbocycles. The predicted molar refractivity (Wildman–Crippen MR) is 65.9 cm³/mol. The molecule has 0 atom stereocenters. The van der Waals surface area contributed by atoms with Gasteiger partial charge in [-0.1, -0.05) is 6.07 Å². The third kappa shape index (κ3) is 2.82. The summed E-state index contributed by atoms with van der Waals surface area (Å²) in [7, 11) is 1.65. The second-order valence-electron chi connectivity index (χ2n) is 3.59. The maximum atomic E-state index is 13.3. The molecular weight excluding hydrogens is 254 g/mol. The van der Waals surface area contributed by atoms with E-state index in [9.17, 15) is 13.6 Å². The summed E-state index contributed by atoms with van der Waals surface area (Å²) < 4.78 is 26.7. The highest BCUT2D eigenvalue weighted by Crippen LogP contribution is 2.18. The number of hydrogen-bond donors (Lipinski definition) is 2. The zero-order chi connectivity index (χ0) is 13.8. The fraction of sp³-hybridized carbons (Fsp3) is 0.0833. The van der Waals surface area contributed by atoms with Crippen molar-refractivity contribution in [1.82, 2.24) is 9.97 Å². The molecule has 0 aliphatic rings. The number of nitrogens with zero attached hydrogens (tertiary/aromatic N) is 2. The quantitative estimate of drug-likeness (QED) is 0.890. The number of aromatic nitrogens is 2. The standard InChI is InChI=1S/C12H10F2N4O/c1-15-10-6-16-9(5-17-10)12(19)18-11-7(13)3-2-4-8(11)14/h2-6H,1H3,(H,15,17)(H,18,19). The Morgan fingerprint density at radius 3 is 2.37 bits per heavy atom. The van der Waals surface area contributed by atoms with Gasteiger partial charge in [0.2, 0.25) is 0 Å². The normalized spacial score (nSPS) is 10.1. The second kappa shape index (κ2) is 5.38. The van der Waals surface area contributed by atoms with Crippen molar-refractivity contribution in [2.75, 3.05) is 17.7 Å². The first-order valence-electron chi connectivity index (χ1n) is 5.37. The Labute approximate surface area is 107 Å². The summed E-state index contributed by atoms with van der Waals surface area (Å²) in [5.74, 6) is -1.96. The summed E-state index contributed by atoms with van der Waals surface area (Å²) in [6.07, 6.45) is 2.55. The van der Waals surface area contributed by atoms with Gasteiger partial charge in [-0.15, -0.1) is 0 Å². The van der Waals surface area contributed by atoms with Crippen LogP contribution in [0.25, 0.3) is 0 Å². The fourth-order valence-corrected chi connectivity index (χ4v) is 1.37. The molecule has 2 aromatic rings. The molecule has 19 heavy (non-hydrogen) atoms. The summed E-state index contributed by atoms with van der Waals surface area (Å²) in [6.45, 7) is 0. The first-order chi connectivity index (χ1) is 9.11. The number of carbonyl (C=O) groups excluding carboxylic acids is 1. The number of nitrogens with one attached hydrogen (secondary N) is 2. The van der Waals surface area contributed by atoms with Crippen LogP contribution in [0.4, 0.5) is 20.3 Å². The van der Waals surface area contributed by atoms with Crippen molar-refractivity contribution >= 4 is 17.4 Å². The molecule has 7 heteroatoms. The number of carbonyl (C=O) groups is 1. The van der Waals surface area contributed by atoms with Crippen LogP contribution in [0.15, 0.2) is 30.6 Å². The Hall–Kier alpha value is -2.57. The van der Waals surface area contributed by atoms with Crippen molar-refractivity contribution in [3.63, 3.8) is 0 Å². The van der Waals surface area contributed by atoms with Gasteiger partial charge in [-0.05, 0) is 12.1 Å². The van der Waals surface area contributed by atoms with Crippen molar-refractivity contribution < 1.29 is 13.6 Å². The molecule has 98 valence electrons. The molecule has 1 amide bonds. The van der Waals surface area contributed by atoms with Crippen molar-refractivity contribution in [2.24, 2.45) is 0 Å². The van der Waals surface area contributed by atoms with Crippen LogP contribution < -0.4 is 10.6 Å². The van der Waals surface area contributed by atoms with E-state index in [-0.39, 0.29) is 5.69 Å². The van der Waals surface area contributed by atoms with Gasteiger partial charge in [0.25, 0.3) is 5.91 Å². The molecule has 1 heterocycles. The molecule has 0 fully saturated rings. The lowest BCUT2D eigenvalue weighted by molar-refractivity contribution is 0.102. The van der Waals surface area contributed by atoms with Gasteiger partial charge < -0.3 is 10.6 Å². The molecule has 0 aliphatic heterocycles. The Balaban J connectivity index is 2.20. The van der Waals surface area contributed by atoms with E-state index in [1.54, 1.807) is 7.05 Å². The van der Waals surface area contributed by atoms with Gasteiger partial charge in [0.05, 0.1) is 12.4 Å². The topological polar surface area (TPSA) is 66.9 Å². The van der Waals surface area contributed by atoms with Gasteiger partial charge in [-0.2, -0.15) is 0 Å². The molecular formula is C12H10F2N4O. The molecule has 0 radical (unpaired) electrons. The molecule has 0 spiro atoms. The van der Waals surface area contributed by atoms with E-state index < -0.39 is 23.2 Å². The van der Waals surface area contributed by atoms with Crippen LogP contribution in [0.5, 0.6) is 0 Å². The van der Waals surface area contributed by atoms with Gasteiger partial charge in [-0.25, -0.2) is 18.7 Å². The van der Waals surface area contributed by atoms with Crippen LogP contribution in [0, 0.1) is 11.6 Å². The Bertz CT molecular complexity index is 581. The summed E-state index contributed by atoms with van der Waals surface area (Å²) >= 11 is 0. The average molecular weight is 264 g/mol. The monoisotopic (exact) mass is 264 g/mol. The first-order valence-corrected chi connectivity index (χ1v) is 5.37. The number of para-hydroxylation sites is 1. The lowest BCUT2D eigenvalue weighted by atomic mass is 10.3. The van der Waals surface area contributed by atoms with Crippen LogP contribution >= 0.6 is 0 Å². The van der Waals surface area contributed by atoms with Gasteiger partial charge in [0.1, 0.15) is 28.8 Å². The highest BCUT2D eigenvalue weighted by Gasteiger charge is 2.14. The zero-order valence-electron chi connectivity index (χ0n) is 9.95. The third-order valence-corrected chi connectivity index (χ3v) is 2.34. The van der Waals surface area contributed by atoms with E-state index in [4.69, 9.17) is 0 Å². The van der Waals surface area contributed by atoms with E-state index in [0.29, 0.717) is 5.82 Å². The summed E-state index contributed by atoms with van der Waals surface area (Å²) in [4.78, 5) is 19.5. The van der Waals surface area contributed by atoms with Crippen LogP contribution in [0.3, 0.4) is 0 Å². The molecule has 0 saturated heterocycles. The van der Waals surface area contributed by atoms with Crippen molar-refractivity contribution in [1.29, 1.82) is 0 Å². The number of amides is 1. The maximum absolute atomic E-state index is 13.3. The first kappa shape index (κ1) is 12.9. The number of hydrogen-bond acceptors (Lipinski definition) is 4. The number of rotatable bonds is 3. The van der Waals surface area contributed by atoms with Crippen molar-refractivity contribution in [3.05, 3.63) is 47.9 Å². The van der Waals surface area contributed by atoms with Crippen LogP contribution in [0.2, 0.25) is 0 Å². The molecule has 1 aromatic carbocycles. The number of halogens is 2. The molecule has 2 rings (SSSR count). The van der Waals surface area contributed by atoms with E-state index in [1.807, 2.05) is 0 Å². The van der Waals surface area contributed by atoms with Gasteiger partial charge in [-0.3, -0.25) is 4.79 Å². The van der Waals surface area contributed by atoms with Crippen LogP contribution in [-0.2, 0) is 0 Å². The average Bonchev–Trinajstić information content (AvgIpc) is 2.43. The third-order valence-electron chi connectivity index (χ3n) is 2.34. The minimum Gasteiger partial charge on any atom is -0.372 e. The number of benzene rings is 1. The summed E-state index contributed by atoms with van der Waals surface area (Å²) in [5, 5.41) is 4.86. The highest BCUT2D eigenvalue weighted by atomic mass is 19.1. The van der Waals surface area contributed by atoms with Gasteiger partial charge in [0, 0.05) is 7.05 Å². The Morgan fingerprint density at radius 1 is 1.16 bits per heavy atom. The minimum atomic E-state index is -0.854. The van der Waals surface area contributed by atoms with Crippen molar-refractivity contribution in [2.45, 2.75) is 0 Å². The van der Waals surface area contributed by atoms with Crippen LogP contribution in [-0.4, -0.2) is 22.9 Å². The lowest BCUT2D eigenvalue weighted by Gasteiger charge is -2.07. The smallest absolute Gasteiger partial charge is 0.276 e. The molecule has 1 aromatic heterocycles. The SMILES string of the molecule is CNc1cnc(C(=O)Nc2c(F)cccc2F)cn1. The van der Waals surface area contributed by atoms with Crippen LogP contribution in [0.1, 0.15) is 10.5 Å². The maximum Gasteiger partial charge on any atom is 0.276 e. The largest absolute Gasteiger partial charge is 0.372 e. The predicted octanol–water partition coefficient (Wildman–Crippen LogP) is 2.05. The Kier molecular flexibility index (Phi) is 3.65. The highest BCUT2D eigenvalue weighted by molar-refractivity contribution is 6.02. The fourth-order valence-electron chi connectivity index (χ4n) is 1.37. The molecule has 0 bridgehead atoms. The molecule has 0 saturated carbocycles. The number of anilines is 2. The molecule has 5 nitrogen and oxygen atoms in total.